The first kappa shape index (κ1) is 23.3. The fraction of sp³-hybridized carbons (Fsp3) is 0.500. The number of nitrogens with one attached hydrogen (secondary N) is 1. The van der Waals surface area contributed by atoms with Gasteiger partial charge in [-0.25, -0.2) is 0 Å². The summed E-state index contributed by atoms with van der Waals surface area (Å²) < 4.78 is 10.4. The molecule has 1 atom stereocenters. The quantitative estimate of drug-likeness (QED) is 0.590. The van der Waals surface area contributed by atoms with Crippen LogP contribution in [0.25, 0.3) is 0 Å². The van der Waals surface area contributed by atoms with Gasteiger partial charge in [-0.1, -0.05) is 25.4 Å². The van der Waals surface area contributed by atoms with Crippen LogP contribution in [0.4, 0.5) is 0 Å². The molecule has 0 bridgehead atoms. The molecule has 5 N–H and O–H groups in total. The molecule has 0 saturated carbocycles. The normalized spacial score (nSPS) is 11.4. The Balaban J connectivity index is 0.00000576. The molecule has 1 aromatic rings. The molecule has 0 saturated heterocycles. The van der Waals surface area contributed by atoms with Crippen LogP contribution in [0.15, 0.2) is 12.1 Å². The number of rotatable bonds is 9. The van der Waals surface area contributed by atoms with Crippen molar-refractivity contribution in [2.24, 2.45) is 17.4 Å². The van der Waals surface area contributed by atoms with Gasteiger partial charge in [0, 0.05) is 18.2 Å². The van der Waals surface area contributed by atoms with Gasteiger partial charge in [-0.2, -0.15) is 0 Å². The Hall–Kier alpha value is -1.70. The second-order valence-electron chi connectivity index (χ2n) is 5.78. The van der Waals surface area contributed by atoms with Crippen LogP contribution in [0.3, 0.4) is 0 Å². The standard InChI is InChI=1S/C16H24ClN3O4.ClH/c1-9(2)4-11(7-18)20-16(22)10-5-12(17)15(13(6-10)23-3)24-8-14(19)21;/h5-6,9,11H,4,7-8,18H2,1-3H3,(H2,19,21)(H,20,22);1H. The van der Waals surface area contributed by atoms with E-state index in [4.69, 9.17) is 32.5 Å². The summed E-state index contributed by atoms with van der Waals surface area (Å²) in [4.78, 5) is 23.2. The highest BCUT2D eigenvalue weighted by Crippen LogP contribution is 2.36. The molecule has 2 amide bonds. The molecule has 7 nitrogen and oxygen atoms in total. The average molecular weight is 394 g/mol. The van der Waals surface area contributed by atoms with Crippen LogP contribution in [-0.4, -0.2) is 38.1 Å². The van der Waals surface area contributed by atoms with Gasteiger partial charge in [-0.05, 0) is 24.5 Å². The van der Waals surface area contributed by atoms with Gasteiger partial charge in [0.15, 0.2) is 18.1 Å². The minimum absolute atomic E-state index is 0. The van der Waals surface area contributed by atoms with E-state index in [1.807, 2.05) is 0 Å². The lowest BCUT2D eigenvalue weighted by molar-refractivity contribution is -0.119. The third-order valence-electron chi connectivity index (χ3n) is 3.23. The van der Waals surface area contributed by atoms with Crippen LogP contribution in [-0.2, 0) is 4.79 Å². The smallest absolute Gasteiger partial charge is 0.255 e. The number of nitrogens with two attached hydrogens (primary N) is 2. The Labute approximate surface area is 158 Å². The molecule has 25 heavy (non-hydrogen) atoms. The highest BCUT2D eigenvalue weighted by atomic mass is 35.5. The molecule has 1 aromatic carbocycles. The van der Waals surface area contributed by atoms with E-state index in [1.165, 1.54) is 19.2 Å². The lowest BCUT2D eigenvalue weighted by atomic mass is 10.0. The van der Waals surface area contributed by atoms with E-state index in [9.17, 15) is 9.59 Å². The molecule has 9 heteroatoms. The second kappa shape index (κ2) is 11.0. The van der Waals surface area contributed by atoms with Gasteiger partial charge in [-0.15, -0.1) is 12.4 Å². The Bertz CT molecular complexity index is 597. The van der Waals surface area contributed by atoms with Crippen molar-refractivity contribution in [3.63, 3.8) is 0 Å². The maximum absolute atomic E-state index is 12.4. The minimum atomic E-state index is -0.644. The first-order chi connectivity index (χ1) is 11.3. The van der Waals surface area contributed by atoms with E-state index in [2.05, 4.69) is 19.2 Å². The minimum Gasteiger partial charge on any atom is -0.493 e. The number of benzene rings is 1. The number of carbonyl (C=O) groups excluding carboxylic acids is 2. The molecule has 0 aromatic heterocycles. The van der Waals surface area contributed by atoms with E-state index < -0.39 is 5.91 Å². The second-order valence-corrected chi connectivity index (χ2v) is 6.19. The number of ether oxygens (including phenoxy) is 2. The molecule has 1 unspecified atom stereocenters. The van der Waals surface area contributed by atoms with Crippen LogP contribution in [0, 0.1) is 5.92 Å². The van der Waals surface area contributed by atoms with Gasteiger partial charge >= 0.3 is 0 Å². The zero-order chi connectivity index (χ0) is 18.3. The summed E-state index contributed by atoms with van der Waals surface area (Å²) in [5.41, 5.74) is 11.1. The molecule has 142 valence electrons. The number of hydrogen-bond donors (Lipinski definition) is 3. The number of methoxy groups -OCH3 is 1. The maximum Gasteiger partial charge on any atom is 0.255 e. The number of hydrogen-bond acceptors (Lipinski definition) is 5. The van der Waals surface area contributed by atoms with E-state index in [1.54, 1.807) is 0 Å². The average Bonchev–Trinajstić information content (AvgIpc) is 2.51. The highest BCUT2D eigenvalue weighted by Gasteiger charge is 2.19. The molecule has 0 radical (unpaired) electrons. The van der Waals surface area contributed by atoms with Crippen LogP contribution in [0.5, 0.6) is 11.5 Å². The SMILES string of the molecule is COc1cc(C(=O)NC(CN)CC(C)C)cc(Cl)c1OCC(N)=O.Cl. The molecule has 0 spiro atoms. The van der Waals surface area contributed by atoms with Gasteiger partial charge in [0.25, 0.3) is 11.8 Å². The number of halogens is 2. The summed E-state index contributed by atoms with van der Waals surface area (Å²) in [6, 6.07) is 2.80. The molecule has 1 rings (SSSR count). The first-order valence-corrected chi connectivity index (χ1v) is 7.95. The predicted molar refractivity (Wildman–Crippen MR) is 99.7 cm³/mol. The van der Waals surface area contributed by atoms with Crippen molar-refractivity contribution in [2.45, 2.75) is 26.3 Å². The van der Waals surface area contributed by atoms with Crippen LogP contribution < -0.4 is 26.3 Å². The van der Waals surface area contributed by atoms with Gasteiger partial charge in [-0.3, -0.25) is 9.59 Å². The Morgan fingerprint density at radius 2 is 1.96 bits per heavy atom. The van der Waals surface area contributed by atoms with Crippen LogP contribution >= 0.6 is 24.0 Å². The van der Waals surface area contributed by atoms with Crippen molar-refractivity contribution in [2.75, 3.05) is 20.3 Å². The first-order valence-electron chi connectivity index (χ1n) is 7.58. The van der Waals surface area contributed by atoms with Gasteiger partial charge < -0.3 is 26.3 Å². The van der Waals surface area contributed by atoms with Crippen LogP contribution in [0.1, 0.15) is 30.6 Å². The molecule has 0 aliphatic heterocycles. The van der Waals surface area contributed by atoms with Crippen molar-refractivity contribution < 1.29 is 19.1 Å². The number of primary amides is 1. The van der Waals surface area contributed by atoms with Crippen molar-refractivity contribution in [1.29, 1.82) is 0 Å². The van der Waals surface area contributed by atoms with Crippen molar-refractivity contribution in [1.82, 2.24) is 5.32 Å². The summed E-state index contributed by atoms with van der Waals surface area (Å²) in [6.45, 7) is 4.11. The lowest BCUT2D eigenvalue weighted by Crippen LogP contribution is -2.41. The number of carbonyl (C=O) groups is 2. The fourth-order valence-electron chi connectivity index (χ4n) is 2.19. The molecule has 0 heterocycles. The zero-order valence-electron chi connectivity index (χ0n) is 14.5. The molecule has 0 fully saturated rings. The summed E-state index contributed by atoms with van der Waals surface area (Å²) in [5, 5.41) is 3.02. The molecular weight excluding hydrogens is 369 g/mol. The van der Waals surface area contributed by atoms with Gasteiger partial charge in [0.2, 0.25) is 0 Å². The number of amides is 2. The van der Waals surface area contributed by atoms with E-state index in [0.29, 0.717) is 18.0 Å². The third kappa shape index (κ3) is 7.37. The fourth-order valence-corrected chi connectivity index (χ4v) is 2.45. The van der Waals surface area contributed by atoms with Crippen molar-refractivity contribution >= 4 is 35.8 Å². The monoisotopic (exact) mass is 393 g/mol. The lowest BCUT2D eigenvalue weighted by Gasteiger charge is -2.19. The van der Waals surface area contributed by atoms with Gasteiger partial charge in [0.1, 0.15) is 0 Å². The molecule has 0 aliphatic rings. The maximum atomic E-state index is 12.4. The Kier molecular flexibility index (Phi) is 10.3. The predicted octanol–water partition coefficient (Wildman–Crippen LogP) is 1.74. The topological polar surface area (TPSA) is 117 Å². The largest absolute Gasteiger partial charge is 0.493 e. The van der Waals surface area contributed by atoms with E-state index in [-0.39, 0.29) is 47.5 Å². The molecular formula is C16H25Cl2N3O4. The van der Waals surface area contributed by atoms with Crippen LogP contribution in [0.2, 0.25) is 5.02 Å². The summed E-state index contributed by atoms with van der Waals surface area (Å²) in [6.07, 6.45) is 0.771. The Morgan fingerprint density at radius 1 is 1.32 bits per heavy atom. The van der Waals surface area contributed by atoms with E-state index >= 15 is 0 Å². The summed E-state index contributed by atoms with van der Waals surface area (Å²) in [5.74, 6) is -0.155. The Morgan fingerprint density at radius 3 is 2.44 bits per heavy atom. The molecule has 0 aliphatic carbocycles. The summed E-state index contributed by atoms with van der Waals surface area (Å²) >= 11 is 6.13. The van der Waals surface area contributed by atoms with Crippen molar-refractivity contribution in [3.05, 3.63) is 22.7 Å². The third-order valence-corrected chi connectivity index (χ3v) is 3.51. The van der Waals surface area contributed by atoms with Crippen molar-refractivity contribution in [3.8, 4) is 11.5 Å². The van der Waals surface area contributed by atoms with Gasteiger partial charge in [0.05, 0.1) is 12.1 Å². The zero-order valence-corrected chi connectivity index (χ0v) is 16.1. The summed E-state index contributed by atoms with van der Waals surface area (Å²) in [7, 11) is 1.41. The highest BCUT2D eigenvalue weighted by molar-refractivity contribution is 6.32. The van der Waals surface area contributed by atoms with E-state index in [0.717, 1.165) is 6.42 Å².